The fourth-order valence-electron chi connectivity index (χ4n) is 5.93. The number of nitrogens with one attached hydrogen (secondary N) is 1. The molecule has 1 saturated heterocycles. The third-order valence-electron chi connectivity index (χ3n) is 10.1. The maximum Gasteiger partial charge on any atom is 0.508 e. The number of hydrogen-bond donors (Lipinski definition) is 1. The topological polar surface area (TPSA) is 127 Å². The smallest absolute Gasteiger partial charge is 0.434 e. The zero-order valence-electron chi connectivity index (χ0n) is 32.2. The van der Waals surface area contributed by atoms with E-state index >= 15 is 0 Å². The summed E-state index contributed by atoms with van der Waals surface area (Å²) >= 11 is 0. The van der Waals surface area contributed by atoms with E-state index in [1.54, 1.807) is 4.57 Å². The monoisotopic (exact) mass is 731 g/mol. The van der Waals surface area contributed by atoms with E-state index in [-0.39, 0.29) is 47.6 Å². The Morgan fingerprint density at radius 2 is 1.61 bits per heavy atom. The van der Waals surface area contributed by atoms with Gasteiger partial charge >= 0.3 is 12.2 Å². The lowest BCUT2D eigenvalue weighted by Gasteiger charge is -2.41. The van der Waals surface area contributed by atoms with E-state index in [1.165, 1.54) is 51.3 Å². The highest BCUT2D eigenvalue weighted by molar-refractivity contribution is 6.74. The molecule has 0 bridgehead atoms. The Balaban J connectivity index is 1.69. The number of unbranched alkanes of at least 4 members (excludes halogenated alkanes) is 12. The number of aromatic nitrogens is 4. The molecule has 2 aromatic heterocycles. The molecule has 0 aromatic carbocycles. The maximum absolute atomic E-state index is 14.8. The predicted octanol–water partition coefficient (Wildman–Crippen LogP) is 9.63. The largest absolute Gasteiger partial charge is 0.508 e. The first kappa shape index (κ1) is 42.3. The fourth-order valence-corrected chi connectivity index (χ4v) is 7.28. The second kappa shape index (κ2) is 20.2. The van der Waals surface area contributed by atoms with Crippen molar-refractivity contribution in [2.75, 3.05) is 18.5 Å². The molecule has 1 aliphatic rings. The van der Waals surface area contributed by atoms with Crippen molar-refractivity contribution >= 4 is 37.4 Å². The summed E-state index contributed by atoms with van der Waals surface area (Å²) in [6, 6.07) is 0. The minimum atomic E-state index is -2.41. The van der Waals surface area contributed by atoms with Crippen LogP contribution in [0.5, 0.6) is 0 Å². The van der Waals surface area contributed by atoms with Crippen LogP contribution in [0.2, 0.25) is 18.1 Å². The highest BCUT2D eigenvalue weighted by atomic mass is 28.4. The van der Waals surface area contributed by atoms with Crippen molar-refractivity contribution in [1.82, 2.24) is 19.5 Å². The van der Waals surface area contributed by atoms with Crippen molar-refractivity contribution in [2.24, 2.45) is 0 Å². The molecule has 0 saturated carbocycles. The Bertz CT molecular complexity index is 1440. The lowest BCUT2D eigenvalue weighted by molar-refractivity contribution is -0.116. The van der Waals surface area contributed by atoms with Gasteiger partial charge in [-0.2, -0.15) is 14.4 Å². The van der Waals surface area contributed by atoms with E-state index < -0.39 is 38.5 Å². The second-order valence-corrected chi connectivity index (χ2v) is 20.1. The number of nitrogens with zero attached hydrogens (tertiary/aromatic N) is 4. The number of amides is 1. The number of terminal acetylenes is 1. The van der Waals surface area contributed by atoms with Crippen LogP contribution in [0.1, 0.15) is 144 Å². The number of fused-ring (bicyclic) bond motifs is 1. The minimum Gasteiger partial charge on any atom is -0.434 e. The first-order valence-electron chi connectivity index (χ1n) is 19.1. The van der Waals surface area contributed by atoms with Gasteiger partial charge in [-0.15, -0.1) is 6.42 Å². The Hall–Kier alpha value is -3.08. The van der Waals surface area contributed by atoms with Gasteiger partial charge in [0.25, 0.3) is 0 Å². The normalized spacial score (nSPS) is 19.3. The summed E-state index contributed by atoms with van der Waals surface area (Å²) in [5.41, 5.74) is -1.12. The zero-order valence-corrected chi connectivity index (χ0v) is 33.2. The van der Waals surface area contributed by atoms with E-state index in [1.807, 2.05) is 0 Å². The van der Waals surface area contributed by atoms with Crippen molar-refractivity contribution in [2.45, 2.75) is 173 Å². The highest BCUT2D eigenvalue weighted by Gasteiger charge is 2.54. The summed E-state index contributed by atoms with van der Waals surface area (Å²) in [6.07, 6.45) is 20.3. The first-order chi connectivity index (χ1) is 24.3. The molecule has 0 spiro atoms. The summed E-state index contributed by atoms with van der Waals surface area (Å²) < 4.78 is 40.6. The van der Waals surface area contributed by atoms with Crippen molar-refractivity contribution in [3.05, 3.63) is 12.4 Å². The molecule has 1 fully saturated rings. The van der Waals surface area contributed by atoms with Gasteiger partial charge in [0.1, 0.15) is 12.8 Å². The van der Waals surface area contributed by atoms with Gasteiger partial charge in [0.2, 0.25) is 5.91 Å². The van der Waals surface area contributed by atoms with Crippen LogP contribution in [-0.4, -0.2) is 64.8 Å². The molecular weight excluding hydrogens is 670 g/mol. The number of anilines is 1. The number of hydrogen-bond acceptors (Lipinski definition) is 9. The fraction of sp³-hybridized carbons (Fsp3) is 0.763. The van der Waals surface area contributed by atoms with E-state index in [9.17, 15) is 14.0 Å². The van der Waals surface area contributed by atoms with Gasteiger partial charge in [-0.05, 0) is 31.0 Å². The van der Waals surface area contributed by atoms with Crippen LogP contribution in [0.3, 0.4) is 0 Å². The van der Waals surface area contributed by atoms with Gasteiger partial charge in [0.15, 0.2) is 30.9 Å². The Morgan fingerprint density at radius 1 is 1.00 bits per heavy atom. The van der Waals surface area contributed by atoms with E-state index in [0.29, 0.717) is 6.42 Å². The number of imidazole rings is 1. The van der Waals surface area contributed by atoms with Crippen LogP contribution in [0.4, 0.5) is 15.0 Å². The minimum absolute atomic E-state index is 0.0134. The summed E-state index contributed by atoms with van der Waals surface area (Å²) in [6.45, 7) is 14.9. The molecular formula is C38H62FN5O6Si. The molecule has 0 unspecified atom stereocenters. The van der Waals surface area contributed by atoms with Crippen molar-refractivity contribution in [1.29, 1.82) is 0 Å². The van der Waals surface area contributed by atoms with Crippen molar-refractivity contribution in [3.8, 4) is 12.3 Å². The molecule has 0 radical (unpaired) electrons. The Labute approximate surface area is 305 Å². The number of carbonyl (C=O) groups is 2. The third-order valence-corrected chi connectivity index (χ3v) is 14.6. The van der Waals surface area contributed by atoms with Crippen LogP contribution >= 0.6 is 0 Å². The SMILES string of the molecule is C#C[C@]1(COC(=O)OCCCCCCCCCCCC)O[C@@H](n2cnc3c(NC(=O)CCCCCC)nc(F)nc32)C[C@@H]1O[Si](C)(C)C(C)(C)C. The molecule has 3 rings (SSSR count). The van der Waals surface area contributed by atoms with Crippen LogP contribution in [0.15, 0.2) is 6.33 Å². The van der Waals surface area contributed by atoms with Gasteiger partial charge in [0, 0.05) is 12.8 Å². The first-order valence-corrected chi connectivity index (χ1v) is 22.0. The van der Waals surface area contributed by atoms with Gasteiger partial charge in [-0.1, -0.05) is 118 Å². The molecule has 0 aliphatic carbocycles. The van der Waals surface area contributed by atoms with Gasteiger partial charge < -0.3 is 24.0 Å². The van der Waals surface area contributed by atoms with E-state index in [4.69, 9.17) is 25.1 Å². The standard InChI is InChI=1S/C38H62FN5O6Si/c1-9-12-14-16-17-18-19-20-21-23-25-47-36(46)48-27-38(11-3)29(50-51(7,8)37(4,5)6)26-31(49-38)44-28-40-32-33(42-35(39)43-34(32)44)41-30(45)24-22-15-13-10-2/h3,28-29,31H,9-10,12-27H2,1-2,4-8H3,(H,41,42,43,45)/t29-,31+,38+/m0/s1. The lowest BCUT2D eigenvalue weighted by atomic mass is 9.99. The van der Waals surface area contributed by atoms with Crippen LogP contribution in [0, 0.1) is 18.4 Å². The molecule has 13 heteroatoms. The van der Waals surface area contributed by atoms with Crippen LogP contribution in [0.25, 0.3) is 11.2 Å². The molecule has 3 heterocycles. The number of halogens is 1. The van der Waals surface area contributed by atoms with Gasteiger partial charge in [0.05, 0.1) is 19.0 Å². The maximum atomic E-state index is 14.8. The van der Waals surface area contributed by atoms with E-state index in [0.717, 1.165) is 44.9 Å². The predicted molar refractivity (Wildman–Crippen MR) is 200 cm³/mol. The second-order valence-electron chi connectivity index (χ2n) is 15.3. The van der Waals surface area contributed by atoms with Crippen molar-refractivity contribution < 1.29 is 32.6 Å². The molecule has 11 nitrogen and oxygen atoms in total. The summed E-state index contributed by atoms with van der Waals surface area (Å²) in [5.74, 6) is 2.44. The summed E-state index contributed by atoms with van der Waals surface area (Å²) in [5, 5.41) is 2.54. The average Bonchev–Trinajstić information content (AvgIpc) is 3.65. The average molecular weight is 732 g/mol. The number of rotatable bonds is 22. The van der Waals surface area contributed by atoms with Gasteiger partial charge in [-0.25, -0.2) is 9.78 Å². The number of carbonyl (C=O) groups excluding carboxylic acids is 2. The molecule has 1 aliphatic heterocycles. The Kier molecular flexibility index (Phi) is 16.8. The molecule has 1 amide bonds. The zero-order chi connectivity index (χ0) is 37.5. The Morgan fingerprint density at radius 3 is 2.22 bits per heavy atom. The molecule has 3 atom stereocenters. The quantitative estimate of drug-likeness (QED) is 0.0414. The molecule has 1 N–H and O–H groups in total. The number of ether oxygens (including phenoxy) is 3. The van der Waals surface area contributed by atoms with Gasteiger partial charge in [-0.3, -0.25) is 9.36 Å². The van der Waals surface area contributed by atoms with E-state index in [2.05, 4.69) is 73.9 Å². The summed E-state index contributed by atoms with van der Waals surface area (Å²) in [7, 11) is -2.41. The molecule has 286 valence electrons. The molecule has 51 heavy (non-hydrogen) atoms. The third kappa shape index (κ3) is 12.5. The lowest BCUT2D eigenvalue weighted by Crippen LogP contribution is -2.52. The summed E-state index contributed by atoms with van der Waals surface area (Å²) in [4.78, 5) is 37.6. The van der Waals surface area contributed by atoms with Crippen molar-refractivity contribution in [3.63, 3.8) is 0 Å². The van der Waals surface area contributed by atoms with Crippen LogP contribution < -0.4 is 5.32 Å². The molecule has 2 aromatic rings. The van der Waals surface area contributed by atoms with Crippen LogP contribution in [-0.2, 0) is 23.4 Å². The highest BCUT2D eigenvalue weighted by Crippen LogP contribution is 2.45.